The zero-order valence-corrected chi connectivity index (χ0v) is 18.6. The Balaban J connectivity index is 1.27. The number of H-pyrrole nitrogens is 1. The minimum Gasteiger partial charge on any atom is -0.454 e. The number of carbonyl (C=O) groups is 1. The second-order valence-electron chi connectivity index (χ2n) is 8.22. The van der Waals surface area contributed by atoms with Gasteiger partial charge in [-0.3, -0.25) is 4.79 Å². The van der Waals surface area contributed by atoms with Crippen LogP contribution in [0.2, 0.25) is 0 Å². The Bertz CT molecular complexity index is 1300. The van der Waals surface area contributed by atoms with E-state index in [1.54, 1.807) is 24.3 Å². The number of rotatable bonds is 6. The highest BCUT2D eigenvalue weighted by atomic mass is 32.2. The number of aromatic nitrogens is 1. The number of fused-ring (bicyclic) bond motifs is 4. The highest BCUT2D eigenvalue weighted by Gasteiger charge is 2.25. The zero-order chi connectivity index (χ0) is 22.3. The van der Waals surface area contributed by atoms with Crippen LogP contribution in [0.15, 0.2) is 41.3 Å². The van der Waals surface area contributed by atoms with Gasteiger partial charge in [0.1, 0.15) is 0 Å². The first kappa shape index (κ1) is 20.8. The van der Waals surface area contributed by atoms with E-state index in [1.807, 2.05) is 12.1 Å². The van der Waals surface area contributed by atoms with Crippen molar-refractivity contribution in [2.45, 2.75) is 37.1 Å². The lowest BCUT2D eigenvalue weighted by Gasteiger charge is -2.17. The van der Waals surface area contributed by atoms with E-state index in [1.165, 1.54) is 18.3 Å². The van der Waals surface area contributed by atoms with Crippen molar-refractivity contribution in [3.05, 3.63) is 53.2 Å². The highest BCUT2D eigenvalue weighted by Crippen LogP contribution is 2.33. The Hall–Kier alpha value is -3.04. The Kier molecular flexibility index (Phi) is 5.30. The number of sulfonamides is 1. The summed E-state index contributed by atoms with van der Waals surface area (Å²) in [6.45, 7) is 0.187. The van der Waals surface area contributed by atoms with Crippen LogP contribution in [0.4, 0.5) is 0 Å². The third-order valence-electron chi connectivity index (χ3n) is 6.07. The fourth-order valence-corrected chi connectivity index (χ4v) is 5.47. The van der Waals surface area contributed by atoms with Gasteiger partial charge in [0.25, 0.3) is 0 Å². The van der Waals surface area contributed by atoms with Gasteiger partial charge in [-0.2, -0.15) is 4.31 Å². The molecule has 8 nitrogen and oxygen atoms in total. The molecule has 5 rings (SSSR count). The largest absolute Gasteiger partial charge is 0.454 e. The van der Waals surface area contributed by atoms with Gasteiger partial charge in [-0.1, -0.05) is 6.07 Å². The molecule has 0 unspecified atom stereocenters. The Labute approximate surface area is 186 Å². The van der Waals surface area contributed by atoms with Gasteiger partial charge in [-0.15, -0.1) is 0 Å². The van der Waals surface area contributed by atoms with Crippen LogP contribution in [0.1, 0.15) is 29.7 Å². The molecule has 0 bridgehead atoms. The molecule has 3 aromatic rings. The van der Waals surface area contributed by atoms with Crippen molar-refractivity contribution in [3.8, 4) is 11.5 Å². The maximum atomic E-state index is 13.1. The molecule has 32 heavy (non-hydrogen) atoms. The van der Waals surface area contributed by atoms with Crippen molar-refractivity contribution < 1.29 is 22.7 Å². The molecular weight excluding hydrogens is 430 g/mol. The van der Waals surface area contributed by atoms with Crippen molar-refractivity contribution in [1.82, 2.24) is 14.6 Å². The molecular formula is C23H25N3O5S. The molecule has 1 aromatic heterocycles. The monoisotopic (exact) mass is 455 g/mol. The van der Waals surface area contributed by atoms with Gasteiger partial charge in [0.15, 0.2) is 11.5 Å². The van der Waals surface area contributed by atoms with Crippen LogP contribution < -0.4 is 14.8 Å². The number of nitrogens with one attached hydrogen (secondary N) is 2. The Morgan fingerprint density at radius 2 is 1.91 bits per heavy atom. The van der Waals surface area contributed by atoms with Crippen molar-refractivity contribution >= 4 is 26.8 Å². The van der Waals surface area contributed by atoms with Crippen LogP contribution in [0.5, 0.6) is 11.5 Å². The number of carbonyl (C=O) groups excluding carboxylic acids is 1. The summed E-state index contributed by atoms with van der Waals surface area (Å²) < 4.78 is 37.9. The lowest BCUT2D eigenvalue weighted by molar-refractivity contribution is -0.121. The summed E-state index contributed by atoms with van der Waals surface area (Å²) in [4.78, 5) is 16.0. The van der Waals surface area contributed by atoms with Crippen molar-refractivity contribution in [2.24, 2.45) is 0 Å². The van der Waals surface area contributed by atoms with E-state index < -0.39 is 10.0 Å². The number of hydrogen-bond acceptors (Lipinski definition) is 5. The maximum absolute atomic E-state index is 13.1. The van der Waals surface area contributed by atoms with Crippen LogP contribution in [0, 0.1) is 0 Å². The SMILES string of the molecule is CN(CC(=O)NCc1ccc2c(c1)OCO2)S(=O)(=O)c1ccc2[nH]c3c(c2c1)CCCC3. The number of nitrogens with zero attached hydrogens (tertiary/aromatic N) is 1. The summed E-state index contributed by atoms with van der Waals surface area (Å²) >= 11 is 0. The van der Waals surface area contributed by atoms with Crippen molar-refractivity contribution in [2.75, 3.05) is 20.4 Å². The first-order valence-corrected chi connectivity index (χ1v) is 12.1. The van der Waals surface area contributed by atoms with E-state index in [0.717, 1.165) is 46.5 Å². The van der Waals surface area contributed by atoms with E-state index in [9.17, 15) is 13.2 Å². The lowest BCUT2D eigenvalue weighted by atomic mass is 9.96. The van der Waals surface area contributed by atoms with E-state index in [2.05, 4.69) is 10.3 Å². The van der Waals surface area contributed by atoms with Gasteiger partial charge in [-0.25, -0.2) is 8.42 Å². The van der Waals surface area contributed by atoms with Crippen molar-refractivity contribution in [3.63, 3.8) is 0 Å². The standard InChI is InChI=1S/C23H25N3O5S/c1-26(13-23(27)24-12-15-6-9-21-22(10-15)31-14-30-21)32(28,29)16-7-8-20-18(11-16)17-4-2-3-5-19(17)25-20/h6-11,25H,2-5,12-14H2,1H3,(H,24,27). The topological polar surface area (TPSA) is 101 Å². The van der Waals surface area contributed by atoms with Crippen LogP contribution in [-0.4, -0.2) is 44.0 Å². The molecule has 9 heteroatoms. The molecule has 1 aliphatic carbocycles. The van der Waals surface area contributed by atoms with E-state index >= 15 is 0 Å². The summed E-state index contributed by atoms with van der Waals surface area (Å²) in [6, 6.07) is 10.6. The van der Waals surface area contributed by atoms with Crippen molar-refractivity contribution in [1.29, 1.82) is 0 Å². The first-order valence-electron chi connectivity index (χ1n) is 10.7. The fraction of sp³-hybridized carbons (Fsp3) is 0.348. The molecule has 0 saturated carbocycles. The Morgan fingerprint density at radius 3 is 2.78 bits per heavy atom. The first-order chi connectivity index (χ1) is 15.4. The van der Waals surface area contributed by atoms with Gasteiger partial charge in [0.2, 0.25) is 22.7 Å². The predicted molar refractivity (Wildman–Crippen MR) is 119 cm³/mol. The number of amides is 1. The third-order valence-corrected chi connectivity index (χ3v) is 7.87. The number of ether oxygens (including phenoxy) is 2. The van der Waals surface area contributed by atoms with Gasteiger partial charge in [-0.05, 0) is 67.1 Å². The lowest BCUT2D eigenvalue weighted by Crippen LogP contribution is -2.38. The molecule has 0 spiro atoms. The molecule has 0 radical (unpaired) electrons. The summed E-state index contributed by atoms with van der Waals surface area (Å²) in [5, 5.41) is 3.72. The molecule has 0 atom stereocenters. The van der Waals surface area contributed by atoms with Gasteiger partial charge in [0.05, 0.1) is 11.4 Å². The van der Waals surface area contributed by atoms with E-state index in [-0.39, 0.29) is 30.7 Å². The molecule has 0 fully saturated rings. The number of aryl methyl sites for hydroxylation is 2. The number of hydrogen-bond donors (Lipinski definition) is 2. The van der Waals surface area contributed by atoms with Gasteiger partial charge in [0, 0.05) is 30.2 Å². The molecule has 1 amide bonds. The maximum Gasteiger partial charge on any atom is 0.243 e. The van der Waals surface area contributed by atoms with Crippen LogP contribution in [0.25, 0.3) is 10.9 Å². The van der Waals surface area contributed by atoms with Crippen LogP contribution in [0.3, 0.4) is 0 Å². The molecule has 1 aliphatic heterocycles. The average Bonchev–Trinajstić information content (AvgIpc) is 3.41. The highest BCUT2D eigenvalue weighted by molar-refractivity contribution is 7.89. The summed E-state index contributed by atoms with van der Waals surface area (Å²) in [5.74, 6) is 0.930. The number of benzene rings is 2. The average molecular weight is 456 g/mol. The minimum atomic E-state index is -3.80. The second kappa shape index (κ2) is 8.14. The number of aromatic amines is 1. The smallest absolute Gasteiger partial charge is 0.243 e. The molecule has 2 heterocycles. The molecule has 0 saturated heterocycles. The van der Waals surface area contributed by atoms with Gasteiger partial charge >= 0.3 is 0 Å². The third kappa shape index (κ3) is 3.82. The summed E-state index contributed by atoms with van der Waals surface area (Å²) in [7, 11) is -2.38. The molecule has 168 valence electrons. The van der Waals surface area contributed by atoms with Gasteiger partial charge < -0.3 is 19.8 Å². The van der Waals surface area contributed by atoms with E-state index in [0.29, 0.717) is 11.5 Å². The fourth-order valence-electron chi connectivity index (χ4n) is 4.32. The molecule has 2 N–H and O–H groups in total. The minimum absolute atomic E-state index is 0.186. The summed E-state index contributed by atoms with van der Waals surface area (Å²) in [6.07, 6.45) is 4.21. The quantitative estimate of drug-likeness (QED) is 0.595. The molecule has 2 aromatic carbocycles. The van der Waals surface area contributed by atoms with Crippen LogP contribution in [-0.2, 0) is 34.2 Å². The van der Waals surface area contributed by atoms with E-state index in [4.69, 9.17) is 9.47 Å². The molecule has 2 aliphatic rings. The number of likely N-dealkylation sites (N-methyl/N-ethyl adjacent to an activating group) is 1. The summed E-state index contributed by atoms with van der Waals surface area (Å²) in [5.41, 5.74) is 4.22. The zero-order valence-electron chi connectivity index (χ0n) is 17.8. The normalized spacial score (nSPS) is 15.2. The second-order valence-corrected chi connectivity index (χ2v) is 10.3. The van der Waals surface area contributed by atoms with Crippen LogP contribution >= 0.6 is 0 Å². The predicted octanol–water partition coefficient (Wildman–Crippen LogP) is 2.71. The Morgan fingerprint density at radius 1 is 1.09 bits per heavy atom.